The minimum atomic E-state index is -0.00488. The summed E-state index contributed by atoms with van der Waals surface area (Å²) >= 11 is 0. The number of halogens is 2. The molecule has 5 nitrogen and oxygen atoms in total. The van der Waals surface area contributed by atoms with E-state index in [0.717, 1.165) is 12.2 Å². The summed E-state index contributed by atoms with van der Waals surface area (Å²) in [5.41, 5.74) is 6.91. The van der Waals surface area contributed by atoms with Crippen LogP contribution in [-0.2, 0) is 11.2 Å². The maximum Gasteiger partial charge on any atom is 0.226 e. The second kappa shape index (κ2) is 11.5. The number of pyridine rings is 1. The molecule has 7 heteroatoms. The highest BCUT2D eigenvalue weighted by Gasteiger charge is 2.13. The number of amides is 1. The standard InChI is InChI=1S/C15H26N4O.2ClH/c1-11(2)19(12(3)4)8-7-17-15(20)9-14-6-5-13(16)10-18-14;;/h5-6,10-12H,7-9,16H2,1-4H3,(H,17,20);2*1H. The van der Waals surface area contributed by atoms with Crippen molar-refractivity contribution in [3.63, 3.8) is 0 Å². The van der Waals surface area contributed by atoms with Crippen molar-refractivity contribution in [2.75, 3.05) is 18.8 Å². The number of anilines is 1. The van der Waals surface area contributed by atoms with Crippen molar-refractivity contribution in [1.82, 2.24) is 15.2 Å². The largest absolute Gasteiger partial charge is 0.397 e. The predicted octanol–water partition coefficient (Wildman–Crippen LogP) is 2.28. The Bertz CT molecular complexity index is 416. The molecule has 0 saturated carbocycles. The highest BCUT2D eigenvalue weighted by molar-refractivity contribution is 5.85. The average molecular weight is 351 g/mol. The smallest absolute Gasteiger partial charge is 0.226 e. The third kappa shape index (κ3) is 8.41. The number of rotatable bonds is 7. The molecule has 0 spiro atoms. The van der Waals surface area contributed by atoms with Crippen molar-refractivity contribution in [1.29, 1.82) is 0 Å². The molecule has 3 N–H and O–H groups in total. The van der Waals surface area contributed by atoms with E-state index in [1.165, 1.54) is 0 Å². The van der Waals surface area contributed by atoms with E-state index in [-0.39, 0.29) is 30.7 Å². The minimum absolute atomic E-state index is 0. The van der Waals surface area contributed by atoms with Gasteiger partial charge in [0, 0.05) is 30.9 Å². The Hall–Kier alpha value is -1.04. The monoisotopic (exact) mass is 350 g/mol. The molecule has 0 fully saturated rings. The fourth-order valence-electron chi connectivity index (χ4n) is 2.20. The second-order valence-electron chi connectivity index (χ2n) is 5.53. The molecule has 0 bridgehead atoms. The Morgan fingerprint density at radius 2 is 1.82 bits per heavy atom. The van der Waals surface area contributed by atoms with Gasteiger partial charge in [-0.25, -0.2) is 0 Å². The van der Waals surface area contributed by atoms with Gasteiger partial charge in [-0.3, -0.25) is 14.7 Å². The maximum atomic E-state index is 11.8. The molecule has 1 heterocycles. The van der Waals surface area contributed by atoms with Crippen molar-refractivity contribution < 1.29 is 4.79 Å². The van der Waals surface area contributed by atoms with E-state index in [1.54, 1.807) is 18.3 Å². The Kier molecular flexibility index (Phi) is 12.2. The molecule has 128 valence electrons. The first-order valence-corrected chi connectivity index (χ1v) is 7.13. The number of nitrogens with one attached hydrogen (secondary N) is 1. The van der Waals surface area contributed by atoms with Crippen molar-refractivity contribution in [2.45, 2.75) is 46.2 Å². The Balaban J connectivity index is 0. The van der Waals surface area contributed by atoms with Crippen LogP contribution in [0.1, 0.15) is 33.4 Å². The number of carbonyl (C=O) groups excluding carboxylic acids is 1. The van der Waals surface area contributed by atoms with Gasteiger partial charge in [-0.1, -0.05) is 0 Å². The van der Waals surface area contributed by atoms with Crippen LogP contribution in [0.3, 0.4) is 0 Å². The third-order valence-electron chi connectivity index (χ3n) is 3.21. The van der Waals surface area contributed by atoms with E-state index >= 15 is 0 Å². The summed E-state index contributed by atoms with van der Waals surface area (Å²) in [7, 11) is 0. The highest BCUT2D eigenvalue weighted by atomic mass is 35.5. The van der Waals surface area contributed by atoms with Crippen LogP contribution in [0, 0.1) is 0 Å². The van der Waals surface area contributed by atoms with Gasteiger partial charge < -0.3 is 11.1 Å². The SMILES string of the molecule is CC(C)N(CCNC(=O)Cc1ccc(N)cn1)C(C)C.Cl.Cl. The molecule has 0 atom stereocenters. The molecule has 0 saturated heterocycles. The summed E-state index contributed by atoms with van der Waals surface area (Å²) < 4.78 is 0. The zero-order valence-corrected chi connectivity index (χ0v) is 15.3. The van der Waals surface area contributed by atoms with Crippen LogP contribution in [0.25, 0.3) is 0 Å². The minimum Gasteiger partial charge on any atom is -0.397 e. The first kappa shape index (κ1) is 23.2. The number of nitrogens with zero attached hydrogens (tertiary/aromatic N) is 2. The topological polar surface area (TPSA) is 71.2 Å². The summed E-state index contributed by atoms with van der Waals surface area (Å²) in [5, 5.41) is 2.93. The van der Waals surface area contributed by atoms with Crippen LogP contribution in [0.4, 0.5) is 5.69 Å². The summed E-state index contributed by atoms with van der Waals surface area (Å²) in [5.74, 6) is -0.00488. The van der Waals surface area contributed by atoms with Gasteiger partial charge >= 0.3 is 0 Å². The molecule has 1 amide bonds. The Morgan fingerprint density at radius 1 is 1.23 bits per heavy atom. The zero-order valence-electron chi connectivity index (χ0n) is 13.7. The van der Waals surface area contributed by atoms with Gasteiger partial charge in [-0.2, -0.15) is 0 Å². The lowest BCUT2D eigenvalue weighted by atomic mass is 10.2. The van der Waals surface area contributed by atoms with E-state index in [0.29, 0.717) is 30.7 Å². The predicted molar refractivity (Wildman–Crippen MR) is 96.8 cm³/mol. The van der Waals surface area contributed by atoms with Crippen LogP contribution in [0.5, 0.6) is 0 Å². The average Bonchev–Trinajstić information content (AvgIpc) is 2.36. The lowest BCUT2D eigenvalue weighted by molar-refractivity contribution is -0.120. The van der Waals surface area contributed by atoms with Gasteiger partial charge in [0.25, 0.3) is 0 Å². The van der Waals surface area contributed by atoms with Crippen molar-refractivity contribution in [3.05, 3.63) is 24.0 Å². The summed E-state index contributed by atoms with van der Waals surface area (Å²) in [6, 6.07) is 4.49. The van der Waals surface area contributed by atoms with E-state index in [1.807, 2.05) is 0 Å². The van der Waals surface area contributed by atoms with E-state index in [4.69, 9.17) is 5.73 Å². The maximum absolute atomic E-state index is 11.8. The molecular weight excluding hydrogens is 323 g/mol. The lowest BCUT2D eigenvalue weighted by Crippen LogP contribution is -2.42. The van der Waals surface area contributed by atoms with Crippen molar-refractivity contribution >= 4 is 36.4 Å². The molecule has 0 aliphatic carbocycles. The molecule has 1 rings (SSSR count). The summed E-state index contributed by atoms with van der Waals surface area (Å²) in [6.07, 6.45) is 1.87. The molecule has 22 heavy (non-hydrogen) atoms. The molecule has 0 aromatic carbocycles. The van der Waals surface area contributed by atoms with Gasteiger partial charge in [0.1, 0.15) is 0 Å². The lowest BCUT2D eigenvalue weighted by Gasteiger charge is -2.30. The van der Waals surface area contributed by atoms with Crippen LogP contribution in [0.2, 0.25) is 0 Å². The van der Waals surface area contributed by atoms with Crippen LogP contribution >= 0.6 is 24.8 Å². The first-order valence-electron chi connectivity index (χ1n) is 7.13. The number of nitrogens with two attached hydrogens (primary N) is 1. The van der Waals surface area contributed by atoms with Crippen molar-refractivity contribution in [2.24, 2.45) is 0 Å². The molecular formula is C15H28Cl2N4O. The van der Waals surface area contributed by atoms with Crippen LogP contribution in [0.15, 0.2) is 18.3 Å². The number of aromatic nitrogens is 1. The number of hydrogen-bond acceptors (Lipinski definition) is 4. The highest BCUT2D eigenvalue weighted by Crippen LogP contribution is 2.04. The zero-order chi connectivity index (χ0) is 15.1. The number of carbonyl (C=O) groups is 1. The molecule has 1 aromatic heterocycles. The fraction of sp³-hybridized carbons (Fsp3) is 0.600. The molecule has 0 aliphatic rings. The summed E-state index contributed by atoms with van der Waals surface area (Å²) in [6.45, 7) is 10.2. The van der Waals surface area contributed by atoms with Crippen LogP contribution in [-0.4, -0.2) is 41.0 Å². The van der Waals surface area contributed by atoms with Crippen LogP contribution < -0.4 is 11.1 Å². The van der Waals surface area contributed by atoms with Gasteiger partial charge in [0.05, 0.1) is 18.3 Å². The molecule has 0 unspecified atom stereocenters. The second-order valence-corrected chi connectivity index (χ2v) is 5.53. The first-order chi connectivity index (χ1) is 9.40. The third-order valence-corrected chi connectivity index (χ3v) is 3.21. The summed E-state index contributed by atoms with van der Waals surface area (Å²) in [4.78, 5) is 18.3. The molecule has 0 aliphatic heterocycles. The van der Waals surface area contributed by atoms with Gasteiger partial charge in [0.15, 0.2) is 0 Å². The molecule has 1 aromatic rings. The number of nitrogen functional groups attached to an aromatic ring is 1. The number of hydrogen-bond donors (Lipinski definition) is 2. The van der Waals surface area contributed by atoms with E-state index < -0.39 is 0 Å². The van der Waals surface area contributed by atoms with Gasteiger partial charge in [0.2, 0.25) is 5.91 Å². The fourth-order valence-corrected chi connectivity index (χ4v) is 2.20. The quantitative estimate of drug-likeness (QED) is 0.791. The van der Waals surface area contributed by atoms with E-state index in [2.05, 4.69) is 42.9 Å². The van der Waals surface area contributed by atoms with E-state index in [9.17, 15) is 4.79 Å². The Labute approximate surface area is 145 Å². The Morgan fingerprint density at radius 3 is 2.27 bits per heavy atom. The van der Waals surface area contributed by atoms with Crippen molar-refractivity contribution in [3.8, 4) is 0 Å². The van der Waals surface area contributed by atoms with Gasteiger partial charge in [-0.05, 0) is 39.8 Å². The molecule has 0 radical (unpaired) electrons. The van der Waals surface area contributed by atoms with Gasteiger partial charge in [-0.15, -0.1) is 24.8 Å². The normalized spacial score (nSPS) is 10.3.